The van der Waals surface area contributed by atoms with E-state index in [1.54, 1.807) is 6.20 Å². The quantitative estimate of drug-likeness (QED) is 0.847. The molecule has 18 heavy (non-hydrogen) atoms. The number of nitrogens with zero attached hydrogens (tertiary/aromatic N) is 4. The van der Waals surface area contributed by atoms with E-state index in [2.05, 4.69) is 20.3 Å². The minimum Gasteiger partial charge on any atom is -0.354 e. The van der Waals surface area contributed by atoms with E-state index in [1.807, 2.05) is 25.1 Å². The van der Waals surface area contributed by atoms with Crippen LogP contribution in [0.3, 0.4) is 0 Å². The van der Waals surface area contributed by atoms with E-state index in [0.717, 1.165) is 18.7 Å². The van der Waals surface area contributed by atoms with Gasteiger partial charge in [-0.05, 0) is 18.6 Å². The van der Waals surface area contributed by atoms with Gasteiger partial charge in [0.1, 0.15) is 6.33 Å². The fourth-order valence-corrected chi connectivity index (χ4v) is 1.45. The molecule has 0 spiro atoms. The van der Waals surface area contributed by atoms with Gasteiger partial charge in [0, 0.05) is 12.7 Å². The normalized spacial score (nSPS) is 10.3. The Bertz CT molecular complexity index is 552. The summed E-state index contributed by atoms with van der Waals surface area (Å²) < 4.78 is 1.43. The van der Waals surface area contributed by atoms with Gasteiger partial charge in [-0.15, -0.1) is 0 Å². The fourth-order valence-electron chi connectivity index (χ4n) is 1.45. The maximum atomic E-state index is 11.8. The van der Waals surface area contributed by atoms with Crippen LogP contribution in [0.5, 0.6) is 0 Å². The van der Waals surface area contributed by atoms with Crippen molar-refractivity contribution >= 4 is 5.95 Å². The van der Waals surface area contributed by atoms with Gasteiger partial charge in [0.15, 0.2) is 0 Å². The van der Waals surface area contributed by atoms with E-state index in [4.69, 9.17) is 0 Å². The zero-order chi connectivity index (χ0) is 12.8. The molecule has 6 nitrogen and oxygen atoms in total. The summed E-state index contributed by atoms with van der Waals surface area (Å²) in [6.45, 7) is 3.17. The Morgan fingerprint density at radius 3 is 2.89 bits per heavy atom. The van der Waals surface area contributed by atoms with Crippen LogP contribution in [0.25, 0.3) is 0 Å². The molecule has 6 heteroatoms. The molecule has 0 aliphatic heterocycles. The highest BCUT2D eigenvalue weighted by Gasteiger charge is 2.02. The lowest BCUT2D eigenvalue weighted by Crippen LogP contribution is -2.25. The first-order valence-electron chi connectivity index (χ1n) is 5.87. The second-order valence-electron chi connectivity index (χ2n) is 3.84. The molecule has 0 aliphatic carbocycles. The lowest BCUT2D eigenvalue weighted by atomic mass is 10.3. The molecule has 1 N–H and O–H groups in total. The van der Waals surface area contributed by atoms with Gasteiger partial charge >= 0.3 is 5.69 Å². The molecule has 0 fully saturated rings. The SMILES string of the molecule is CCCNc1ncn(Cc2ccccn2)c(=O)n1. The number of hydrogen-bond acceptors (Lipinski definition) is 5. The molecule has 0 radical (unpaired) electrons. The molecule has 0 bridgehead atoms. The molecule has 0 atom stereocenters. The average molecular weight is 245 g/mol. The van der Waals surface area contributed by atoms with E-state index in [9.17, 15) is 4.79 Å². The Hall–Kier alpha value is -2.24. The van der Waals surface area contributed by atoms with Crippen molar-refractivity contribution < 1.29 is 0 Å². The molecule has 2 aromatic heterocycles. The van der Waals surface area contributed by atoms with Crippen LogP contribution in [0.1, 0.15) is 19.0 Å². The second kappa shape index (κ2) is 5.90. The van der Waals surface area contributed by atoms with Gasteiger partial charge in [-0.25, -0.2) is 9.78 Å². The Morgan fingerprint density at radius 2 is 2.22 bits per heavy atom. The van der Waals surface area contributed by atoms with Crippen molar-refractivity contribution in [3.8, 4) is 0 Å². The molecule has 0 unspecified atom stereocenters. The van der Waals surface area contributed by atoms with Crippen LogP contribution < -0.4 is 11.0 Å². The maximum absolute atomic E-state index is 11.8. The van der Waals surface area contributed by atoms with Gasteiger partial charge in [-0.2, -0.15) is 4.98 Å². The van der Waals surface area contributed by atoms with Crippen molar-refractivity contribution in [2.75, 3.05) is 11.9 Å². The smallest absolute Gasteiger partial charge is 0.352 e. The molecule has 0 aliphatic rings. The van der Waals surface area contributed by atoms with Crippen LogP contribution in [0, 0.1) is 0 Å². The Balaban J connectivity index is 2.13. The monoisotopic (exact) mass is 245 g/mol. The Morgan fingerprint density at radius 1 is 1.33 bits per heavy atom. The van der Waals surface area contributed by atoms with Gasteiger partial charge in [-0.1, -0.05) is 13.0 Å². The summed E-state index contributed by atoms with van der Waals surface area (Å²) in [6.07, 6.45) is 4.14. The summed E-state index contributed by atoms with van der Waals surface area (Å²) in [5, 5.41) is 2.98. The van der Waals surface area contributed by atoms with Gasteiger partial charge in [0.05, 0.1) is 12.2 Å². The first kappa shape index (κ1) is 12.2. The lowest BCUT2D eigenvalue weighted by Gasteiger charge is -2.05. The third-order valence-corrected chi connectivity index (χ3v) is 2.36. The van der Waals surface area contributed by atoms with Gasteiger partial charge in [0.25, 0.3) is 0 Å². The minimum absolute atomic E-state index is 0.325. The molecular formula is C12H15N5O. The molecule has 0 saturated heterocycles. The zero-order valence-electron chi connectivity index (χ0n) is 10.2. The summed E-state index contributed by atoms with van der Waals surface area (Å²) in [5.41, 5.74) is 0.478. The molecule has 2 aromatic rings. The highest BCUT2D eigenvalue weighted by Crippen LogP contribution is 1.97. The highest BCUT2D eigenvalue weighted by molar-refractivity contribution is 5.20. The third kappa shape index (κ3) is 3.13. The summed E-state index contributed by atoms with van der Waals surface area (Å²) in [6, 6.07) is 5.57. The van der Waals surface area contributed by atoms with Crippen LogP contribution >= 0.6 is 0 Å². The minimum atomic E-state index is -0.325. The fraction of sp³-hybridized carbons (Fsp3) is 0.333. The van der Waals surface area contributed by atoms with Crippen LogP contribution in [-0.2, 0) is 6.54 Å². The largest absolute Gasteiger partial charge is 0.354 e. The maximum Gasteiger partial charge on any atom is 0.352 e. The molecular weight excluding hydrogens is 230 g/mol. The highest BCUT2D eigenvalue weighted by atomic mass is 16.1. The molecule has 0 amide bonds. The predicted octanol–water partition coefficient (Wildman–Crippen LogP) is 0.903. The van der Waals surface area contributed by atoms with E-state index in [-0.39, 0.29) is 5.69 Å². The Labute approximate surface area is 105 Å². The third-order valence-electron chi connectivity index (χ3n) is 2.36. The average Bonchev–Trinajstić information content (AvgIpc) is 2.40. The molecule has 94 valence electrons. The van der Waals surface area contributed by atoms with E-state index in [0.29, 0.717) is 12.5 Å². The van der Waals surface area contributed by atoms with Crippen molar-refractivity contribution in [3.05, 3.63) is 46.9 Å². The number of nitrogens with one attached hydrogen (secondary N) is 1. The second-order valence-corrected chi connectivity index (χ2v) is 3.84. The predicted molar refractivity (Wildman–Crippen MR) is 68.4 cm³/mol. The molecule has 0 aromatic carbocycles. The molecule has 2 rings (SSSR count). The van der Waals surface area contributed by atoms with Crippen molar-refractivity contribution in [2.45, 2.75) is 19.9 Å². The van der Waals surface area contributed by atoms with Crippen molar-refractivity contribution in [1.82, 2.24) is 19.5 Å². The summed E-state index contributed by atoms with van der Waals surface area (Å²) >= 11 is 0. The van der Waals surface area contributed by atoms with Crippen molar-refractivity contribution in [1.29, 1.82) is 0 Å². The summed E-state index contributed by atoms with van der Waals surface area (Å²) in [7, 11) is 0. The lowest BCUT2D eigenvalue weighted by molar-refractivity contribution is 0.687. The summed E-state index contributed by atoms with van der Waals surface area (Å²) in [4.78, 5) is 23.9. The van der Waals surface area contributed by atoms with E-state index >= 15 is 0 Å². The van der Waals surface area contributed by atoms with Crippen LogP contribution in [-0.4, -0.2) is 26.1 Å². The zero-order valence-corrected chi connectivity index (χ0v) is 10.2. The number of hydrogen-bond donors (Lipinski definition) is 1. The number of pyridine rings is 1. The van der Waals surface area contributed by atoms with Gasteiger partial charge in [0.2, 0.25) is 5.95 Å². The number of aromatic nitrogens is 4. The molecule has 2 heterocycles. The topological polar surface area (TPSA) is 72.7 Å². The molecule has 0 saturated carbocycles. The van der Waals surface area contributed by atoms with Crippen LogP contribution in [0.2, 0.25) is 0 Å². The van der Waals surface area contributed by atoms with Crippen LogP contribution in [0.4, 0.5) is 5.95 Å². The number of anilines is 1. The van der Waals surface area contributed by atoms with E-state index < -0.39 is 0 Å². The van der Waals surface area contributed by atoms with Gasteiger partial charge < -0.3 is 5.32 Å². The Kier molecular flexibility index (Phi) is 4.01. The summed E-state index contributed by atoms with van der Waals surface area (Å²) in [5.74, 6) is 0.374. The van der Waals surface area contributed by atoms with Crippen molar-refractivity contribution in [2.24, 2.45) is 0 Å². The van der Waals surface area contributed by atoms with E-state index in [1.165, 1.54) is 10.9 Å². The first-order valence-corrected chi connectivity index (χ1v) is 5.87. The first-order chi connectivity index (χ1) is 8.79. The van der Waals surface area contributed by atoms with Crippen molar-refractivity contribution in [3.63, 3.8) is 0 Å². The van der Waals surface area contributed by atoms with Crippen LogP contribution in [0.15, 0.2) is 35.5 Å². The number of rotatable bonds is 5. The standard InChI is InChI=1S/C12H15N5O/c1-2-6-14-11-15-9-17(12(18)16-11)8-10-5-3-4-7-13-10/h3-5,7,9H,2,6,8H2,1H3,(H,14,16,18). The van der Waals surface area contributed by atoms with Gasteiger partial charge in [-0.3, -0.25) is 9.55 Å².